The first-order valence-electron chi connectivity index (χ1n) is 9.55. The molecule has 1 aliphatic heterocycles. The molecule has 30 heavy (non-hydrogen) atoms. The molecular formula is C23H20ClN3O2S. The quantitative estimate of drug-likeness (QED) is 0.356. The summed E-state index contributed by atoms with van der Waals surface area (Å²) >= 11 is 11.5. The summed E-state index contributed by atoms with van der Waals surface area (Å²) in [4.78, 5) is 27.2. The second-order valence-electron chi connectivity index (χ2n) is 7.49. The molecule has 2 amide bonds. The Morgan fingerprint density at radius 1 is 1.13 bits per heavy atom. The number of aromatic nitrogens is 1. The lowest BCUT2D eigenvalue weighted by Gasteiger charge is -2.29. The second kappa shape index (κ2) is 7.70. The number of nitrogens with zero attached hydrogens (tertiary/aromatic N) is 2. The van der Waals surface area contributed by atoms with Crippen LogP contribution in [0.5, 0.6) is 0 Å². The molecule has 1 saturated heterocycles. The number of rotatable bonds is 3. The Bertz CT molecular complexity index is 1240. The molecular weight excluding hydrogens is 418 g/mol. The number of halogens is 1. The summed E-state index contributed by atoms with van der Waals surface area (Å²) in [6.07, 6.45) is 3.59. The van der Waals surface area contributed by atoms with Crippen LogP contribution in [0, 0.1) is 6.92 Å². The summed E-state index contributed by atoms with van der Waals surface area (Å²) in [5.74, 6) is -0.995. The summed E-state index contributed by atoms with van der Waals surface area (Å²) in [5.41, 5.74) is 3.26. The summed E-state index contributed by atoms with van der Waals surface area (Å²) in [6.45, 7) is 6.05. The zero-order valence-corrected chi connectivity index (χ0v) is 18.3. The molecule has 152 valence electrons. The Kier molecular flexibility index (Phi) is 5.22. The monoisotopic (exact) mass is 437 g/mol. The SMILES string of the molecule is Cc1ccc(N2C(=O)/C(=C/c3cn(C(C)C)c4ccccc34)C(=O)NC2=S)cc1Cl. The van der Waals surface area contributed by atoms with E-state index in [2.05, 4.69) is 23.7 Å². The van der Waals surface area contributed by atoms with Gasteiger partial charge in [-0.3, -0.25) is 19.8 Å². The molecule has 2 heterocycles. The molecule has 1 fully saturated rings. The zero-order chi connectivity index (χ0) is 21.6. The fourth-order valence-electron chi connectivity index (χ4n) is 3.54. The Morgan fingerprint density at radius 3 is 2.57 bits per heavy atom. The normalized spacial score (nSPS) is 16.1. The van der Waals surface area contributed by atoms with Crippen molar-refractivity contribution in [1.29, 1.82) is 0 Å². The van der Waals surface area contributed by atoms with Crippen molar-refractivity contribution in [2.24, 2.45) is 0 Å². The van der Waals surface area contributed by atoms with Crippen molar-refractivity contribution in [3.05, 3.63) is 70.4 Å². The molecule has 0 radical (unpaired) electrons. The largest absolute Gasteiger partial charge is 0.344 e. The minimum atomic E-state index is -0.513. The maximum Gasteiger partial charge on any atom is 0.270 e. The first kappa shape index (κ1) is 20.3. The van der Waals surface area contributed by atoms with Crippen LogP contribution >= 0.6 is 23.8 Å². The number of anilines is 1. The van der Waals surface area contributed by atoms with Gasteiger partial charge in [0.05, 0.1) is 5.69 Å². The van der Waals surface area contributed by atoms with Crippen molar-refractivity contribution in [3.8, 4) is 0 Å². The summed E-state index contributed by atoms with van der Waals surface area (Å²) in [7, 11) is 0. The van der Waals surface area contributed by atoms with Crippen LogP contribution in [0.15, 0.2) is 54.2 Å². The Balaban J connectivity index is 1.82. The number of hydrogen-bond donors (Lipinski definition) is 1. The summed E-state index contributed by atoms with van der Waals surface area (Å²) in [5, 5.41) is 4.14. The van der Waals surface area contributed by atoms with Gasteiger partial charge in [0.15, 0.2) is 5.11 Å². The van der Waals surface area contributed by atoms with Gasteiger partial charge in [-0.2, -0.15) is 0 Å². The number of thiocarbonyl (C=S) groups is 1. The minimum absolute atomic E-state index is 0.0203. The fraction of sp³-hybridized carbons (Fsp3) is 0.174. The number of carbonyl (C=O) groups excluding carboxylic acids is 2. The van der Waals surface area contributed by atoms with Crippen molar-refractivity contribution in [3.63, 3.8) is 0 Å². The van der Waals surface area contributed by atoms with Gasteiger partial charge in [0.1, 0.15) is 5.57 Å². The number of aryl methyl sites for hydroxylation is 1. The van der Waals surface area contributed by atoms with Crippen molar-refractivity contribution in [1.82, 2.24) is 9.88 Å². The van der Waals surface area contributed by atoms with E-state index in [-0.39, 0.29) is 16.7 Å². The molecule has 0 bridgehead atoms. The highest BCUT2D eigenvalue weighted by molar-refractivity contribution is 7.80. The average molecular weight is 438 g/mol. The molecule has 3 aromatic rings. The van der Waals surface area contributed by atoms with Crippen LogP contribution in [-0.4, -0.2) is 21.5 Å². The van der Waals surface area contributed by atoms with Gasteiger partial charge in [-0.25, -0.2) is 0 Å². The van der Waals surface area contributed by atoms with E-state index >= 15 is 0 Å². The Hall–Kier alpha value is -2.96. The molecule has 1 aliphatic rings. The standard InChI is InChI=1S/C23H20ClN3O2S/c1-13(2)26-12-15(17-6-4-5-7-20(17)26)10-18-21(28)25-23(30)27(22(18)29)16-9-8-14(3)19(24)11-16/h4-13H,1-3H3,(H,25,28,30)/b18-10+. The van der Waals surface area contributed by atoms with Crippen LogP contribution < -0.4 is 10.2 Å². The molecule has 0 spiro atoms. The smallest absolute Gasteiger partial charge is 0.270 e. The molecule has 0 aliphatic carbocycles. The van der Waals surface area contributed by atoms with Crippen LogP contribution in [-0.2, 0) is 9.59 Å². The summed E-state index contributed by atoms with van der Waals surface area (Å²) < 4.78 is 2.12. The number of amides is 2. The third-order valence-electron chi connectivity index (χ3n) is 5.14. The summed E-state index contributed by atoms with van der Waals surface area (Å²) in [6, 6.07) is 13.4. The molecule has 0 saturated carbocycles. The number of fused-ring (bicyclic) bond motifs is 1. The molecule has 4 rings (SSSR count). The van der Waals surface area contributed by atoms with Crippen molar-refractivity contribution >= 4 is 63.4 Å². The number of nitrogens with one attached hydrogen (secondary N) is 1. The predicted molar refractivity (Wildman–Crippen MR) is 125 cm³/mol. The molecule has 5 nitrogen and oxygen atoms in total. The highest BCUT2D eigenvalue weighted by atomic mass is 35.5. The first-order valence-corrected chi connectivity index (χ1v) is 10.3. The lowest BCUT2D eigenvalue weighted by Crippen LogP contribution is -2.54. The van der Waals surface area contributed by atoms with Crippen LogP contribution in [0.4, 0.5) is 5.69 Å². The number of benzene rings is 2. The van der Waals surface area contributed by atoms with E-state index in [9.17, 15) is 9.59 Å². The van der Waals surface area contributed by atoms with E-state index in [0.717, 1.165) is 22.0 Å². The van der Waals surface area contributed by atoms with Gasteiger partial charge in [-0.05, 0) is 62.8 Å². The third-order valence-corrected chi connectivity index (χ3v) is 5.83. The molecule has 0 unspecified atom stereocenters. The van der Waals surface area contributed by atoms with E-state index in [0.29, 0.717) is 10.7 Å². The van der Waals surface area contributed by atoms with Gasteiger partial charge >= 0.3 is 0 Å². The van der Waals surface area contributed by atoms with Crippen LogP contribution in [0.1, 0.15) is 31.0 Å². The maximum atomic E-state index is 13.3. The van der Waals surface area contributed by atoms with Gasteiger partial charge in [0, 0.05) is 33.7 Å². The Morgan fingerprint density at radius 2 is 1.87 bits per heavy atom. The van der Waals surface area contributed by atoms with Gasteiger partial charge in [0.2, 0.25) is 0 Å². The lowest BCUT2D eigenvalue weighted by atomic mass is 10.1. The zero-order valence-electron chi connectivity index (χ0n) is 16.8. The highest BCUT2D eigenvalue weighted by Gasteiger charge is 2.34. The van der Waals surface area contributed by atoms with Gasteiger partial charge in [-0.15, -0.1) is 0 Å². The van der Waals surface area contributed by atoms with Gasteiger partial charge < -0.3 is 4.57 Å². The van der Waals surface area contributed by atoms with Gasteiger partial charge in [0.25, 0.3) is 11.8 Å². The van der Waals surface area contributed by atoms with Crippen LogP contribution in [0.2, 0.25) is 5.02 Å². The van der Waals surface area contributed by atoms with E-state index < -0.39 is 11.8 Å². The molecule has 0 atom stereocenters. The number of carbonyl (C=O) groups is 2. The van der Waals surface area contributed by atoms with Gasteiger partial charge in [-0.1, -0.05) is 35.9 Å². The molecule has 1 aromatic heterocycles. The van der Waals surface area contributed by atoms with Crippen molar-refractivity contribution in [2.75, 3.05) is 4.90 Å². The number of hydrogen-bond acceptors (Lipinski definition) is 3. The maximum absolute atomic E-state index is 13.3. The highest BCUT2D eigenvalue weighted by Crippen LogP contribution is 2.29. The van der Waals surface area contributed by atoms with E-state index in [4.69, 9.17) is 23.8 Å². The van der Waals surface area contributed by atoms with Crippen LogP contribution in [0.3, 0.4) is 0 Å². The molecule has 2 aromatic carbocycles. The second-order valence-corrected chi connectivity index (χ2v) is 8.29. The average Bonchev–Trinajstić information content (AvgIpc) is 3.07. The minimum Gasteiger partial charge on any atom is -0.344 e. The Labute approximate surface area is 184 Å². The fourth-order valence-corrected chi connectivity index (χ4v) is 4.00. The van der Waals surface area contributed by atoms with Crippen molar-refractivity contribution < 1.29 is 9.59 Å². The van der Waals surface area contributed by atoms with Crippen LogP contribution in [0.25, 0.3) is 17.0 Å². The molecule has 7 heteroatoms. The van der Waals surface area contributed by atoms with E-state index in [1.165, 1.54) is 4.90 Å². The van der Waals surface area contributed by atoms with E-state index in [1.807, 2.05) is 43.5 Å². The topological polar surface area (TPSA) is 54.3 Å². The third kappa shape index (κ3) is 3.42. The predicted octanol–water partition coefficient (Wildman–Crippen LogP) is 5.02. The molecule has 1 N–H and O–H groups in total. The van der Waals surface area contributed by atoms with Crippen molar-refractivity contribution in [2.45, 2.75) is 26.8 Å². The lowest BCUT2D eigenvalue weighted by molar-refractivity contribution is -0.122. The number of para-hydroxylation sites is 1. The van der Waals surface area contributed by atoms with E-state index in [1.54, 1.807) is 18.2 Å². The first-order chi connectivity index (χ1) is 14.3.